The molecule has 8 nitrogen and oxygen atoms in total. The normalized spacial score (nSPS) is 21.2. The van der Waals surface area contributed by atoms with Gasteiger partial charge in [0.05, 0.1) is 25.1 Å². The van der Waals surface area contributed by atoms with Crippen LogP contribution in [0, 0.1) is 0 Å². The van der Waals surface area contributed by atoms with E-state index in [1.807, 2.05) is 34.9 Å². The first-order chi connectivity index (χ1) is 12.8. The molecule has 26 heavy (non-hydrogen) atoms. The fourth-order valence-electron chi connectivity index (χ4n) is 3.32. The summed E-state index contributed by atoms with van der Waals surface area (Å²) in [6, 6.07) is 9.47. The molecule has 1 aliphatic heterocycles. The first-order valence-electron chi connectivity index (χ1n) is 8.75. The van der Waals surface area contributed by atoms with Crippen molar-refractivity contribution in [2.45, 2.75) is 31.2 Å². The zero-order valence-electron chi connectivity index (χ0n) is 14.3. The summed E-state index contributed by atoms with van der Waals surface area (Å²) in [6.45, 7) is 0.459. The van der Waals surface area contributed by atoms with Crippen LogP contribution in [0.5, 0.6) is 0 Å². The number of nitrogens with one attached hydrogen (secondary N) is 1. The number of benzene rings is 1. The summed E-state index contributed by atoms with van der Waals surface area (Å²) in [5.74, 6) is 0.588. The van der Waals surface area contributed by atoms with Gasteiger partial charge in [-0.15, -0.1) is 0 Å². The van der Waals surface area contributed by atoms with Crippen LogP contribution in [0.1, 0.15) is 30.7 Å². The van der Waals surface area contributed by atoms with Gasteiger partial charge in [-0.05, 0) is 18.4 Å². The maximum atomic E-state index is 9.78. The molecule has 0 aliphatic carbocycles. The Hall–Kier alpha value is -2.55. The molecule has 136 valence electrons. The number of imidazole rings is 1. The second-order valence-electron chi connectivity index (χ2n) is 6.36. The predicted molar refractivity (Wildman–Crippen MR) is 97.4 cm³/mol. The second kappa shape index (κ2) is 7.36. The summed E-state index contributed by atoms with van der Waals surface area (Å²) in [4.78, 5) is 13.2. The molecule has 0 spiro atoms. The van der Waals surface area contributed by atoms with E-state index in [4.69, 9.17) is 10.5 Å². The van der Waals surface area contributed by atoms with Crippen molar-refractivity contribution in [2.75, 3.05) is 18.5 Å². The number of nitrogens with two attached hydrogens (primary N) is 1. The molecule has 1 fully saturated rings. The van der Waals surface area contributed by atoms with Gasteiger partial charge in [-0.2, -0.15) is 0 Å². The maximum absolute atomic E-state index is 9.78. The molecular weight excluding hydrogens is 332 g/mol. The summed E-state index contributed by atoms with van der Waals surface area (Å²) >= 11 is 0. The van der Waals surface area contributed by atoms with E-state index in [2.05, 4.69) is 20.3 Å². The van der Waals surface area contributed by atoms with Gasteiger partial charge in [-0.1, -0.05) is 30.3 Å². The Balaban J connectivity index is 1.63. The summed E-state index contributed by atoms with van der Waals surface area (Å²) in [5, 5.41) is 13.1. The average molecular weight is 354 g/mol. The SMILES string of the molecule is NC[C@@H]1CC[C@H](n2cnc3c(N[C@H](CO)c4ccccc4)ncnc32)O1. The van der Waals surface area contributed by atoms with Crippen molar-refractivity contribution < 1.29 is 9.84 Å². The van der Waals surface area contributed by atoms with Gasteiger partial charge in [0.1, 0.15) is 12.6 Å². The molecule has 3 aromatic rings. The largest absolute Gasteiger partial charge is 0.394 e. The standard InChI is InChI=1S/C18H22N6O2/c19-8-13-6-7-15(26-13)24-11-22-16-17(20-10-21-18(16)24)23-14(9-25)12-4-2-1-3-5-12/h1-5,10-11,13-15,25H,6-9,19H2,(H,20,21,23)/t13-,14+,15+/m0/s1. The van der Waals surface area contributed by atoms with E-state index in [1.54, 1.807) is 6.33 Å². The molecule has 2 aromatic heterocycles. The van der Waals surface area contributed by atoms with Gasteiger partial charge < -0.3 is 20.9 Å². The Kier molecular flexibility index (Phi) is 4.79. The molecule has 4 rings (SSSR count). The highest BCUT2D eigenvalue weighted by Crippen LogP contribution is 2.31. The number of fused-ring (bicyclic) bond motifs is 1. The number of anilines is 1. The van der Waals surface area contributed by atoms with Crippen LogP contribution in [-0.4, -0.2) is 43.9 Å². The molecule has 1 saturated heterocycles. The van der Waals surface area contributed by atoms with E-state index in [0.717, 1.165) is 18.4 Å². The van der Waals surface area contributed by atoms with Gasteiger partial charge in [-0.3, -0.25) is 4.57 Å². The van der Waals surface area contributed by atoms with Gasteiger partial charge in [0.25, 0.3) is 0 Å². The highest BCUT2D eigenvalue weighted by molar-refractivity contribution is 5.82. The smallest absolute Gasteiger partial charge is 0.167 e. The molecule has 0 radical (unpaired) electrons. The van der Waals surface area contributed by atoms with E-state index in [1.165, 1.54) is 6.33 Å². The van der Waals surface area contributed by atoms with Crippen molar-refractivity contribution in [1.29, 1.82) is 0 Å². The molecule has 3 atom stereocenters. The zero-order chi connectivity index (χ0) is 17.9. The highest BCUT2D eigenvalue weighted by Gasteiger charge is 2.27. The monoisotopic (exact) mass is 354 g/mol. The van der Waals surface area contributed by atoms with Gasteiger partial charge in [0.2, 0.25) is 0 Å². The Morgan fingerprint density at radius 1 is 1.23 bits per heavy atom. The number of nitrogens with zero attached hydrogens (tertiary/aromatic N) is 4. The lowest BCUT2D eigenvalue weighted by Crippen LogP contribution is -2.20. The van der Waals surface area contributed by atoms with E-state index in [-0.39, 0.29) is 25.0 Å². The quantitative estimate of drug-likeness (QED) is 0.616. The first kappa shape index (κ1) is 16.9. The van der Waals surface area contributed by atoms with E-state index < -0.39 is 0 Å². The third kappa shape index (κ3) is 3.14. The third-order valence-corrected chi connectivity index (χ3v) is 4.71. The van der Waals surface area contributed by atoms with Crippen molar-refractivity contribution >= 4 is 17.0 Å². The minimum atomic E-state index is -0.274. The molecule has 0 unspecified atom stereocenters. The lowest BCUT2D eigenvalue weighted by molar-refractivity contribution is 0.00866. The molecule has 0 saturated carbocycles. The topological polar surface area (TPSA) is 111 Å². The van der Waals surface area contributed by atoms with E-state index >= 15 is 0 Å². The number of rotatable bonds is 6. The molecule has 1 aliphatic rings. The summed E-state index contributed by atoms with van der Waals surface area (Å²) in [7, 11) is 0. The Morgan fingerprint density at radius 2 is 2.08 bits per heavy atom. The maximum Gasteiger partial charge on any atom is 0.167 e. The molecule has 4 N–H and O–H groups in total. The van der Waals surface area contributed by atoms with E-state index in [9.17, 15) is 5.11 Å². The van der Waals surface area contributed by atoms with Gasteiger partial charge in [0, 0.05) is 6.54 Å². The summed E-state index contributed by atoms with van der Waals surface area (Å²) in [6.07, 6.45) is 5.00. The number of hydrogen-bond donors (Lipinski definition) is 3. The van der Waals surface area contributed by atoms with Crippen LogP contribution in [0.4, 0.5) is 5.82 Å². The molecule has 0 bridgehead atoms. The second-order valence-corrected chi connectivity index (χ2v) is 6.36. The highest BCUT2D eigenvalue weighted by atomic mass is 16.5. The van der Waals surface area contributed by atoms with Crippen LogP contribution >= 0.6 is 0 Å². The van der Waals surface area contributed by atoms with Crippen LogP contribution in [0.2, 0.25) is 0 Å². The van der Waals surface area contributed by atoms with Crippen LogP contribution in [-0.2, 0) is 4.74 Å². The van der Waals surface area contributed by atoms with Crippen LogP contribution in [0.25, 0.3) is 11.2 Å². The Morgan fingerprint density at radius 3 is 2.81 bits per heavy atom. The van der Waals surface area contributed by atoms with Crippen molar-refractivity contribution in [1.82, 2.24) is 19.5 Å². The Bertz CT molecular complexity index is 869. The zero-order valence-corrected chi connectivity index (χ0v) is 14.3. The number of hydrogen-bond acceptors (Lipinski definition) is 7. The van der Waals surface area contributed by atoms with Crippen molar-refractivity contribution in [3.05, 3.63) is 48.5 Å². The molecule has 3 heterocycles. The molecule has 0 amide bonds. The predicted octanol–water partition coefficient (Wildman–Crippen LogP) is 1.61. The third-order valence-electron chi connectivity index (χ3n) is 4.71. The molecule has 1 aromatic carbocycles. The Labute approximate surface area is 151 Å². The number of aliphatic hydroxyl groups is 1. The minimum absolute atomic E-state index is 0.0554. The number of aliphatic hydroxyl groups excluding tert-OH is 1. The van der Waals surface area contributed by atoms with Crippen molar-refractivity contribution in [2.24, 2.45) is 5.73 Å². The van der Waals surface area contributed by atoms with Gasteiger partial charge in [0.15, 0.2) is 17.0 Å². The minimum Gasteiger partial charge on any atom is -0.394 e. The van der Waals surface area contributed by atoms with E-state index in [0.29, 0.717) is 23.5 Å². The van der Waals surface area contributed by atoms with Crippen LogP contribution in [0.15, 0.2) is 43.0 Å². The van der Waals surface area contributed by atoms with Crippen molar-refractivity contribution in [3.63, 3.8) is 0 Å². The summed E-state index contributed by atoms with van der Waals surface area (Å²) < 4.78 is 7.88. The van der Waals surface area contributed by atoms with Crippen LogP contribution < -0.4 is 11.1 Å². The molecule has 8 heteroatoms. The average Bonchev–Trinajstić information content (AvgIpc) is 3.33. The lowest BCUT2D eigenvalue weighted by Gasteiger charge is -2.18. The van der Waals surface area contributed by atoms with Gasteiger partial charge in [-0.25, -0.2) is 15.0 Å². The summed E-state index contributed by atoms with van der Waals surface area (Å²) in [5.41, 5.74) is 8.04. The van der Waals surface area contributed by atoms with Gasteiger partial charge >= 0.3 is 0 Å². The van der Waals surface area contributed by atoms with Crippen LogP contribution in [0.3, 0.4) is 0 Å². The number of aromatic nitrogens is 4. The number of ether oxygens (including phenoxy) is 1. The fourth-order valence-corrected chi connectivity index (χ4v) is 3.32. The lowest BCUT2D eigenvalue weighted by atomic mass is 10.1. The fraction of sp³-hybridized carbons (Fsp3) is 0.389. The first-order valence-corrected chi connectivity index (χ1v) is 8.75. The van der Waals surface area contributed by atoms with Crippen molar-refractivity contribution in [3.8, 4) is 0 Å². The molecular formula is C18H22N6O2.